The van der Waals surface area contributed by atoms with Gasteiger partial charge in [-0.15, -0.1) is 11.3 Å². The van der Waals surface area contributed by atoms with Crippen molar-refractivity contribution < 1.29 is 37.7 Å². The summed E-state index contributed by atoms with van der Waals surface area (Å²) in [6.45, 7) is 5.15. The molecule has 0 aliphatic carbocycles. The van der Waals surface area contributed by atoms with E-state index in [1.807, 2.05) is 28.7 Å². The molecule has 0 fully saturated rings. The molecule has 0 aliphatic heterocycles. The first-order valence-electron chi connectivity index (χ1n) is 12.5. The predicted octanol–water partition coefficient (Wildman–Crippen LogP) is 6.46. The van der Waals surface area contributed by atoms with Crippen molar-refractivity contribution in [3.63, 3.8) is 0 Å². The number of nitrogens with zero attached hydrogens (tertiary/aromatic N) is 1. The molecule has 0 atom stereocenters. The number of allylic oxidation sites excluding steroid dienone is 1. The Morgan fingerprint density at radius 3 is 2.41 bits per heavy atom. The first kappa shape index (κ1) is 31.8. The minimum absolute atomic E-state index is 0.0209. The molecule has 0 aliphatic rings. The summed E-state index contributed by atoms with van der Waals surface area (Å²) in [4.78, 5) is 38.9. The average Bonchev–Trinajstić information content (AvgIpc) is 3.27. The number of methoxy groups -OCH3 is 1. The molecule has 0 saturated heterocycles. The molecule has 214 valence electrons. The summed E-state index contributed by atoms with van der Waals surface area (Å²) in [5.41, 5.74) is 1.19. The maximum absolute atomic E-state index is 14.0. The van der Waals surface area contributed by atoms with E-state index in [4.69, 9.17) is 18.9 Å². The van der Waals surface area contributed by atoms with Gasteiger partial charge in [0.2, 0.25) is 0 Å². The molecule has 1 heterocycles. The van der Waals surface area contributed by atoms with Crippen molar-refractivity contribution in [2.24, 2.45) is 0 Å². The molecule has 11 heteroatoms. The molecule has 41 heavy (non-hydrogen) atoms. The second-order valence-corrected chi connectivity index (χ2v) is 10.7. The van der Waals surface area contributed by atoms with E-state index in [-0.39, 0.29) is 48.1 Å². The lowest BCUT2D eigenvalue weighted by Gasteiger charge is -2.14. The number of ketones is 1. The van der Waals surface area contributed by atoms with Gasteiger partial charge in [-0.2, -0.15) is 5.26 Å². The zero-order valence-electron chi connectivity index (χ0n) is 22.8. The average molecular weight is 692 g/mol. The van der Waals surface area contributed by atoms with Crippen LogP contribution in [0.25, 0.3) is 6.08 Å². The molecule has 3 rings (SSSR count). The van der Waals surface area contributed by atoms with Gasteiger partial charge in [-0.25, -0.2) is 14.0 Å². The first-order valence-corrected chi connectivity index (χ1v) is 14.4. The maximum atomic E-state index is 14.0. The summed E-state index contributed by atoms with van der Waals surface area (Å²) in [5, 5.41) is 9.81. The van der Waals surface area contributed by atoms with E-state index >= 15 is 0 Å². The number of carbonyl (C=O) groups is 3. The number of thiophene rings is 1. The fraction of sp³-hybridized carbons (Fsp3) is 0.267. The standard InChI is InChI=1S/C30H27FINO7S/c1-5-38-29(35)26-17(3)28(30(36)39-6-2)41-25(26)14-23(34)20(15-33)11-18-12-22(32)27(24(13-18)37-4)40-16-19-9-7-8-10-21(19)31/h7-13H,5-6,14,16H2,1-4H3. The fourth-order valence-corrected chi connectivity index (χ4v) is 5.84. The lowest BCUT2D eigenvalue weighted by atomic mass is 10.0. The molecule has 1 aromatic heterocycles. The highest BCUT2D eigenvalue weighted by Gasteiger charge is 2.28. The van der Waals surface area contributed by atoms with Gasteiger partial charge in [-0.3, -0.25) is 4.79 Å². The molecule has 0 saturated carbocycles. The van der Waals surface area contributed by atoms with Gasteiger partial charge in [0.1, 0.15) is 23.4 Å². The van der Waals surface area contributed by atoms with E-state index in [1.165, 1.54) is 19.3 Å². The van der Waals surface area contributed by atoms with E-state index < -0.39 is 17.7 Å². The van der Waals surface area contributed by atoms with Crippen LogP contribution >= 0.6 is 33.9 Å². The van der Waals surface area contributed by atoms with Crippen molar-refractivity contribution in [3.8, 4) is 17.6 Å². The second-order valence-electron chi connectivity index (χ2n) is 8.48. The number of carbonyl (C=O) groups excluding carboxylic acids is 3. The lowest BCUT2D eigenvalue weighted by molar-refractivity contribution is -0.114. The molecule has 0 N–H and O–H groups in total. The highest BCUT2D eigenvalue weighted by Crippen LogP contribution is 2.36. The second kappa shape index (κ2) is 14.7. The molecule has 2 aromatic carbocycles. The third-order valence-electron chi connectivity index (χ3n) is 5.79. The van der Waals surface area contributed by atoms with E-state index in [2.05, 4.69) is 0 Å². The quantitative estimate of drug-likeness (QED) is 0.0922. The van der Waals surface area contributed by atoms with Gasteiger partial charge in [0.05, 0.1) is 35.0 Å². The Labute approximate surface area is 254 Å². The fourth-order valence-electron chi connectivity index (χ4n) is 3.87. The Kier molecular flexibility index (Phi) is 11.4. The van der Waals surface area contributed by atoms with E-state index in [1.54, 1.807) is 51.1 Å². The topological polar surface area (TPSA) is 112 Å². The van der Waals surface area contributed by atoms with Gasteiger partial charge >= 0.3 is 11.9 Å². The molecule has 3 aromatic rings. The van der Waals surface area contributed by atoms with Crippen LogP contribution in [-0.4, -0.2) is 38.0 Å². The smallest absolute Gasteiger partial charge is 0.348 e. The minimum Gasteiger partial charge on any atom is -0.493 e. The summed E-state index contributed by atoms with van der Waals surface area (Å²) in [6, 6.07) is 11.5. The lowest BCUT2D eigenvalue weighted by Crippen LogP contribution is -2.12. The molecular formula is C30H27FINO7S. The van der Waals surface area contributed by atoms with Crippen LogP contribution in [0, 0.1) is 27.6 Å². The third-order valence-corrected chi connectivity index (χ3v) is 7.87. The van der Waals surface area contributed by atoms with E-state index in [0.717, 1.165) is 11.3 Å². The monoisotopic (exact) mass is 691 g/mol. The van der Waals surface area contributed by atoms with Crippen molar-refractivity contribution in [3.05, 3.63) is 83.4 Å². The largest absolute Gasteiger partial charge is 0.493 e. The SMILES string of the molecule is CCOC(=O)c1sc(CC(=O)C(C#N)=Cc2cc(I)c(OCc3ccccc3F)c(OC)c2)c(C(=O)OCC)c1C. The summed E-state index contributed by atoms with van der Waals surface area (Å²) in [5.74, 6) is -1.48. The number of halogens is 2. The van der Waals surface area contributed by atoms with Crippen LogP contribution in [0.5, 0.6) is 11.5 Å². The van der Waals surface area contributed by atoms with Gasteiger partial charge in [0, 0.05) is 16.9 Å². The van der Waals surface area contributed by atoms with E-state index in [9.17, 15) is 24.0 Å². The number of benzene rings is 2. The molecule has 0 amide bonds. The third kappa shape index (κ3) is 7.71. The Balaban J connectivity index is 1.91. The van der Waals surface area contributed by atoms with Gasteiger partial charge in [-0.1, -0.05) is 18.2 Å². The normalized spacial score (nSPS) is 11.0. The predicted molar refractivity (Wildman–Crippen MR) is 160 cm³/mol. The number of rotatable bonds is 12. The summed E-state index contributed by atoms with van der Waals surface area (Å²) in [7, 11) is 1.45. The first-order chi connectivity index (χ1) is 19.6. The minimum atomic E-state index is -0.660. The van der Waals surface area contributed by atoms with Crippen molar-refractivity contribution in [2.45, 2.75) is 33.8 Å². The van der Waals surface area contributed by atoms with Crippen LogP contribution in [-0.2, 0) is 27.3 Å². The zero-order chi connectivity index (χ0) is 30.1. The van der Waals surface area contributed by atoms with Crippen molar-refractivity contribution in [1.29, 1.82) is 5.26 Å². The van der Waals surface area contributed by atoms with Crippen LogP contribution in [0.1, 0.15) is 55.4 Å². The van der Waals surface area contributed by atoms with Crippen LogP contribution in [0.3, 0.4) is 0 Å². The zero-order valence-corrected chi connectivity index (χ0v) is 25.8. The number of ether oxygens (including phenoxy) is 4. The number of Topliss-reactive ketones (excluding diaryl/α,β-unsaturated/α-hetero) is 1. The molecule has 0 bridgehead atoms. The van der Waals surface area contributed by atoms with Crippen LogP contribution < -0.4 is 9.47 Å². The molecular weight excluding hydrogens is 664 g/mol. The summed E-state index contributed by atoms with van der Waals surface area (Å²) >= 11 is 3.00. The molecule has 0 spiro atoms. The van der Waals surface area contributed by atoms with E-state index in [0.29, 0.717) is 36.6 Å². The highest BCUT2D eigenvalue weighted by molar-refractivity contribution is 14.1. The van der Waals surface area contributed by atoms with Gasteiger partial charge < -0.3 is 18.9 Å². The van der Waals surface area contributed by atoms with Crippen LogP contribution in [0.15, 0.2) is 42.0 Å². The van der Waals surface area contributed by atoms with Crippen LogP contribution in [0.2, 0.25) is 0 Å². The van der Waals surface area contributed by atoms with Gasteiger partial charge in [0.15, 0.2) is 17.3 Å². The molecule has 0 radical (unpaired) electrons. The molecule has 8 nitrogen and oxygen atoms in total. The Morgan fingerprint density at radius 1 is 1.10 bits per heavy atom. The highest BCUT2D eigenvalue weighted by atomic mass is 127. The van der Waals surface area contributed by atoms with Crippen molar-refractivity contribution in [1.82, 2.24) is 0 Å². The number of hydrogen-bond donors (Lipinski definition) is 0. The number of nitriles is 1. The van der Waals surface area contributed by atoms with Gasteiger partial charge in [0.25, 0.3) is 0 Å². The van der Waals surface area contributed by atoms with Crippen molar-refractivity contribution >= 4 is 57.7 Å². The van der Waals surface area contributed by atoms with Gasteiger partial charge in [-0.05, 0) is 78.8 Å². The maximum Gasteiger partial charge on any atom is 0.348 e. The van der Waals surface area contributed by atoms with Crippen molar-refractivity contribution in [2.75, 3.05) is 20.3 Å². The van der Waals surface area contributed by atoms with Crippen LogP contribution in [0.4, 0.5) is 4.39 Å². The Bertz CT molecular complexity index is 1540. The number of esters is 2. The summed E-state index contributed by atoms with van der Waals surface area (Å²) in [6.07, 6.45) is 1.11. The molecule has 0 unspecified atom stereocenters. The Morgan fingerprint density at radius 2 is 1.78 bits per heavy atom. The summed E-state index contributed by atoms with van der Waals surface area (Å²) < 4.78 is 36.2. The number of hydrogen-bond acceptors (Lipinski definition) is 9. The Hall–Kier alpha value is -3.76.